The summed E-state index contributed by atoms with van der Waals surface area (Å²) in [4.78, 5) is 24.8. The van der Waals surface area contributed by atoms with Crippen LogP contribution in [0.3, 0.4) is 0 Å². The number of likely N-dealkylation sites (tertiary alicyclic amines) is 1. The molecular weight excluding hydrogens is 560 g/mol. The van der Waals surface area contributed by atoms with E-state index in [-0.39, 0.29) is 5.54 Å². The Kier molecular flexibility index (Phi) is 10.4. The highest BCUT2D eigenvalue weighted by atomic mass is 32.2. The molecule has 16 heteroatoms. The van der Waals surface area contributed by atoms with Gasteiger partial charge in [0.2, 0.25) is 10.0 Å². The molecule has 39 heavy (non-hydrogen) atoms. The Hall–Kier alpha value is -3.24. The number of aliphatic carboxylic acids is 2. The van der Waals surface area contributed by atoms with Gasteiger partial charge in [-0.2, -0.15) is 30.6 Å². The SMILES string of the molecule is O=C(O)C(F)(F)F.O=C(O)C(F)(F)F.O=S(=O)(c1ccccc1)N1CCC2(CCCN2Cc2cccnc2)C1. The molecule has 1 unspecified atom stereocenters. The number of aromatic nitrogens is 1. The quantitative estimate of drug-likeness (QED) is 0.519. The summed E-state index contributed by atoms with van der Waals surface area (Å²) in [5.74, 6) is -5.51. The highest BCUT2D eigenvalue weighted by Gasteiger charge is 2.48. The van der Waals surface area contributed by atoms with E-state index in [4.69, 9.17) is 19.8 Å². The van der Waals surface area contributed by atoms with Gasteiger partial charge in [0.15, 0.2) is 0 Å². The molecule has 1 aromatic heterocycles. The number of sulfonamides is 1. The lowest BCUT2D eigenvalue weighted by Gasteiger charge is -2.35. The molecule has 0 amide bonds. The van der Waals surface area contributed by atoms with E-state index in [1.807, 2.05) is 18.3 Å². The van der Waals surface area contributed by atoms with E-state index in [9.17, 15) is 34.8 Å². The van der Waals surface area contributed by atoms with E-state index in [2.05, 4.69) is 16.0 Å². The van der Waals surface area contributed by atoms with Gasteiger partial charge >= 0.3 is 24.3 Å². The minimum atomic E-state index is -5.08. The third-order valence-corrected chi connectivity index (χ3v) is 7.86. The molecule has 2 aliphatic heterocycles. The maximum Gasteiger partial charge on any atom is 0.490 e. The monoisotopic (exact) mass is 585 g/mol. The largest absolute Gasteiger partial charge is 0.490 e. The van der Waals surface area contributed by atoms with Crippen LogP contribution in [0, 0.1) is 0 Å². The van der Waals surface area contributed by atoms with Crippen molar-refractivity contribution in [3.05, 3.63) is 60.4 Å². The second-order valence-electron chi connectivity index (χ2n) is 8.62. The van der Waals surface area contributed by atoms with Crippen molar-refractivity contribution >= 4 is 22.0 Å². The molecule has 1 aromatic carbocycles. The highest BCUT2D eigenvalue weighted by Crippen LogP contribution is 2.40. The summed E-state index contributed by atoms with van der Waals surface area (Å²) < 4.78 is 91.0. The average Bonchev–Trinajstić information content (AvgIpc) is 3.47. The minimum absolute atomic E-state index is 0.0301. The summed E-state index contributed by atoms with van der Waals surface area (Å²) in [6.45, 7) is 3.05. The number of carboxylic acid groups (broad SMARTS) is 2. The predicted octanol–water partition coefficient (Wildman–Crippen LogP) is 3.78. The molecule has 0 radical (unpaired) electrons. The molecule has 4 rings (SSSR count). The lowest BCUT2D eigenvalue weighted by Crippen LogP contribution is -2.46. The first kappa shape index (κ1) is 32.0. The Balaban J connectivity index is 0.000000317. The molecule has 9 nitrogen and oxygen atoms in total. The van der Waals surface area contributed by atoms with Crippen LogP contribution in [-0.2, 0) is 26.2 Å². The molecule has 2 aliphatic rings. The van der Waals surface area contributed by atoms with Gasteiger partial charge in [0.1, 0.15) is 0 Å². The average molecular weight is 586 g/mol. The molecule has 1 spiro atoms. The second-order valence-corrected chi connectivity index (χ2v) is 10.6. The van der Waals surface area contributed by atoms with Crippen molar-refractivity contribution < 1.29 is 54.6 Å². The van der Waals surface area contributed by atoms with Crippen LogP contribution in [0.1, 0.15) is 24.8 Å². The zero-order chi connectivity index (χ0) is 29.5. The van der Waals surface area contributed by atoms with Gasteiger partial charge in [0, 0.05) is 37.6 Å². The topological polar surface area (TPSA) is 128 Å². The third kappa shape index (κ3) is 8.90. The van der Waals surface area contributed by atoms with Gasteiger partial charge in [0.05, 0.1) is 4.90 Å². The van der Waals surface area contributed by atoms with Gasteiger partial charge in [-0.05, 0) is 49.6 Å². The van der Waals surface area contributed by atoms with Crippen LogP contribution in [0.15, 0.2) is 59.8 Å². The van der Waals surface area contributed by atoms with Crippen molar-refractivity contribution in [1.29, 1.82) is 0 Å². The standard InChI is InChI=1S/C19H23N3O2S.2C2HF3O2/c23-25(24,18-7-2-1-3-8-18)22-13-10-19(16-22)9-5-12-21(19)15-17-6-4-11-20-14-17;2*3-2(4,5)1(6)7/h1-4,6-8,11,14H,5,9-10,12-13,15-16H2;2*(H,6,7). The smallest absolute Gasteiger partial charge is 0.475 e. The van der Waals surface area contributed by atoms with Crippen molar-refractivity contribution in [3.63, 3.8) is 0 Å². The van der Waals surface area contributed by atoms with Crippen LogP contribution in [0.5, 0.6) is 0 Å². The Labute approximate surface area is 219 Å². The minimum Gasteiger partial charge on any atom is -0.475 e. The molecule has 2 saturated heterocycles. The normalized spacial score (nSPS) is 20.1. The molecule has 0 bridgehead atoms. The zero-order valence-corrected chi connectivity index (χ0v) is 21.0. The Morgan fingerprint density at radius 3 is 1.95 bits per heavy atom. The number of halogens is 6. The van der Waals surface area contributed by atoms with Gasteiger partial charge in [-0.25, -0.2) is 18.0 Å². The number of carbonyl (C=O) groups is 2. The summed E-state index contributed by atoms with van der Waals surface area (Å²) in [5, 5.41) is 14.2. The molecule has 2 fully saturated rings. The number of hydrogen-bond acceptors (Lipinski definition) is 6. The van der Waals surface area contributed by atoms with Crippen molar-refractivity contribution in [1.82, 2.24) is 14.2 Å². The number of pyridine rings is 1. The maximum atomic E-state index is 12.9. The molecule has 2 N–H and O–H groups in total. The fraction of sp³-hybridized carbons (Fsp3) is 0.435. The maximum absolute atomic E-state index is 12.9. The first-order chi connectivity index (χ1) is 18.0. The molecule has 3 heterocycles. The van der Waals surface area contributed by atoms with E-state index < -0.39 is 34.3 Å². The first-order valence-electron chi connectivity index (χ1n) is 11.3. The van der Waals surface area contributed by atoms with Crippen LogP contribution >= 0.6 is 0 Å². The molecule has 1 atom stereocenters. The van der Waals surface area contributed by atoms with Crippen LogP contribution in [0.25, 0.3) is 0 Å². The lowest BCUT2D eigenvalue weighted by atomic mass is 9.95. The van der Waals surface area contributed by atoms with E-state index in [0.29, 0.717) is 18.0 Å². The first-order valence-corrected chi connectivity index (χ1v) is 12.7. The molecule has 0 aliphatic carbocycles. The van der Waals surface area contributed by atoms with Gasteiger partial charge in [0.25, 0.3) is 0 Å². The van der Waals surface area contributed by atoms with E-state index in [1.165, 1.54) is 5.56 Å². The van der Waals surface area contributed by atoms with Crippen LogP contribution in [0.4, 0.5) is 26.3 Å². The fourth-order valence-corrected chi connectivity index (χ4v) is 5.72. The predicted molar refractivity (Wildman–Crippen MR) is 124 cm³/mol. The van der Waals surface area contributed by atoms with E-state index in [0.717, 1.165) is 32.4 Å². The van der Waals surface area contributed by atoms with Crippen LogP contribution in [-0.4, -0.2) is 82.3 Å². The number of hydrogen-bond donors (Lipinski definition) is 2. The fourth-order valence-electron chi connectivity index (χ4n) is 4.18. The number of alkyl halides is 6. The zero-order valence-electron chi connectivity index (χ0n) is 20.2. The third-order valence-electron chi connectivity index (χ3n) is 6.00. The summed E-state index contributed by atoms with van der Waals surface area (Å²) >= 11 is 0. The van der Waals surface area contributed by atoms with E-state index >= 15 is 0 Å². The molecule has 2 aromatic rings. The van der Waals surface area contributed by atoms with Crippen molar-refractivity contribution in [2.24, 2.45) is 0 Å². The molecule has 216 valence electrons. The van der Waals surface area contributed by atoms with Crippen molar-refractivity contribution in [2.45, 2.75) is 48.6 Å². The van der Waals surface area contributed by atoms with Gasteiger partial charge in [-0.15, -0.1) is 0 Å². The molecule has 0 saturated carbocycles. The van der Waals surface area contributed by atoms with E-state index in [1.54, 1.807) is 34.8 Å². The summed E-state index contributed by atoms with van der Waals surface area (Å²) in [6.07, 6.45) is -3.39. The Morgan fingerprint density at radius 2 is 1.46 bits per heavy atom. The van der Waals surface area contributed by atoms with Crippen LogP contribution < -0.4 is 0 Å². The van der Waals surface area contributed by atoms with Crippen molar-refractivity contribution in [2.75, 3.05) is 19.6 Å². The number of benzene rings is 1. The van der Waals surface area contributed by atoms with Gasteiger partial charge in [-0.1, -0.05) is 24.3 Å². The summed E-state index contributed by atoms with van der Waals surface area (Å²) in [6, 6.07) is 12.8. The van der Waals surface area contributed by atoms with Gasteiger partial charge in [-0.3, -0.25) is 9.88 Å². The second kappa shape index (κ2) is 12.7. The molecular formula is C23H25F6N3O6S. The number of carboxylic acids is 2. The van der Waals surface area contributed by atoms with Crippen molar-refractivity contribution in [3.8, 4) is 0 Å². The Bertz CT molecular complexity index is 1190. The van der Waals surface area contributed by atoms with Crippen LogP contribution in [0.2, 0.25) is 0 Å². The number of rotatable bonds is 4. The van der Waals surface area contributed by atoms with Gasteiger partial charge < -0.3 is 10.2 Å². The number of nitrogens with zero attached hydrogens (tertiary/aromatic N) is 3. The lowest BCUT2D eigenvalue weighted by molar-refractivity contribution is -0.193. The summed E-state index contributed by atoms with van der Waals surface area (Å²) in [5.41, 5.74) is 1.16. The Morgan fingerprint density at radius 1 is 0.897 bits per heavy atom. The summed E-state index contributed by atoms with van der Waals surface area (Å²) in [7, 11) is -3.40. The highest BCUT2D eigenvalue weighted by molar-refractivity contribution is 7.89.